The highest BCUT2D eigenvalue weighted by Gasteiger charge is 2.72. The van der Waals surface area contributed by atoms with Crippen LogP contribution < -0.4 is 10.6 Å². The summed E-state index contributed by atoms with van der Waals surface area (Å²) in [5.74, 6) is -2.22. The van der Waals surface area contributed by atoms with Crippen molar-refractivity contribution in [3.63, 3.8) is 0 Å². The van der Waals surface area contributed by atoms with Crippen LogP contribution in [-0.4, -0.2) is 28.9 Å². The van der Waals surface area contributed by atoms with E-state index in [9.17, 15) is 31.1 Å². The summed E-state index contributed by atoms with van der Waals surface area (Å²) in [5, 5.41) is 2.42. The van der Waals surface area contributed by atoms with Gasteiger partial charge in [0.25, 0.3) is 5.91 Å². The lowest BCUT2D eigenvalue weighted by molar-refractivity contribution is -0.294. The fourth-order valence-electron chi connectivity index (χ4n) is 2.31. The van der Waals surface area contributed by atoms with Gasteiger partial charge in [0.1, 0.15) is 5.82 Å². The number of amides is 1. The van der Waals surface area contributed by atoms with E-state index in [1.165, 1.54) is 36.5 Å². The fraction of sp³-hybridized carbons (Fsp3) is 0.294. The zero-order valence-corrected chi connectivity index (χ0v) is 14.2. The van der Waals surface area contributed by atoms with Crippen LogP contribution in [0.5, 0.6) is 0 Å². The molecule has 2 N–H and O–H groups in total. The lowest BCUT2D eigenvalue weighted by Crippen LogP contribution is -2.72. The molecule has 1 aromatic heterocycles. The summed E-state index contributed by atoms with van der Waals surface area (Å²) in [6.45, 7) is 2.95. The lowest BCUT2D eigenvalue weighted by atomic mass is 10.1. The minimum atomic E-state index is -5.91. The van der Waals surface area contributed by atoms with Gasteiger partial charge in [-0.15, -0.1) is 0 Å². The molecule has 146 valence electrons. The van der Waals surface area contributed by atoms with Crippen LogP contribution in [0.25, 0.3) is 0 Å². The maximum absolute atomic E-state index is 13.6. The number of pyridine rings is 1. The average molecular weight is 391 g/mol. The van der Waals surface area contributed by atoms with E-state index in [1.54, 1.807) is 13.0 Å². The van der Waals surface area contributed by atoms with Gasteiger partial charge in [0.15, 0.2) is 0 Å². The molecule has 0 aliphatic carbocycles. The van der Waals surface area contributed by atoms with Crippen molar-refractivity contribution in [1.29, 1.82) is 0 Å². The SMILES string of the molecule is Cc1cccc(C(=O)NC(Nc2cccc(C)n2)(C(F)(F)F)C(F)(F)F)c1. The van der Waals surface area contributed by atoms with E-state index < -0.39 is 29.7 Å². The number of benzene rings is 1. The molecule has 0 fully saturated rings. The third kappa shape index (κ3) is 4.32. The van der Waals surface area contributed by atoms with Crippen LogP contribution in [0.2, 0.25) is 0 Å². The summed E-state index contributed by atoms with van der Waals surface area (Å²) in [6.07, 6.45) is -11.8. The van der Waals surface area contributed by atoms with Crippen molar-refractivity contribution >= 4 is 11.7 Å². The number of halogens is 6. The quantitative estimate of drug-likeness (QED) is 0.602. The fourth-order valence-corrected chi connectivity index (χ4v) is 2.31. The number of aromatic nitrogens is 1. The van der Waals surface area contributed by atoms with Gasteiger partial charge in [-0.25, -0.2) is 4.98 Å². The molecular formula is C17H15F6N3O. The van der Waals surface area contributed by atoms with Gasteiger partial charge in [0, 0.05) is 11.3 Å². The standard InChI is InChI=1S/C17H15F6N3O/c1-10-5-3-7-12(9-10)14(27)26-15(16(18,19)20,17(21,22)23)25-13-8-4-6-11(2)24-13/h3-9H,1-2H3,(H,24,25)(H,26,27). The maximum Gasteiger partial charge on any atom is 0.439 e. The minimum Gasteiger partial charge on any atom is -0.332 e. The Balaban J connectivity index is 2.53. The highest BCUT2D eigenvalue weighted by molar-refractivity contribution is 5.95. The number of nitrogens with one attached hydrogen (secondary N) is 2. The molecule has 2 rings (SSSR count). The molecular weight excluding hydrogens is 376 g/mol. The van der Waals surface area contributed by atoms with Crippen molar-refractivity contribution in [2.45, 2.75) is 31.9 Å². The normalized spacial score (nSPS) is 12.6. The van der Waals surface area contributed by atoms with Crippen molar-refractivity contribution in [3.8, 4) is 0 Å². The van der Waals surface area contributed by atoms with Crippen LogP contribution in [0.3, 0.4) is 0 Å². The second-order valence-corrected chi connectivity index (χ2v) is 5.86. The smallest absolute Gasteiger partial charge is 0.332 e. The van der Waals surface area contributed by atoms with E-state index in [4.69, 9.17) is 0 Å². The Morgan fingerprint density at radius 2 is 1.52 bits per heavy atom. The van der Waals surface area contributed by atoms with Crippen LogP contribution in [0.4, 0.5) is 32.2 Å². The molecule has 1 amide bonds. The van der Waals surface area contributed by atoms with Gasteiger partial charge in [-0.3, -0.25) is 4.79 Å². The first kappa shape index (κ1) is 20.5. The first-order valence-corrected chi connectivity index (χ1v) is 7.60. The first-order chi connectivity index (χ1) is 12.4. The summed E-state index contributed by atoms with van der Waals surface area (Å²) in [7, 11) is 0. The topological polar surface area (TPSA) is 54.0 Å². The third-order valence-corrected chi connectivity index (χ3v) is 3.64. The molecule has 0 atom stereocenters. The Hall–Kier alpha value is -2.78. The first-order valence-electron chi connectivity index (χ1n) is 7.60. The number of nitrogens with zero attached hydrogens (tertiary/aromatic N) is 1. The molecule has 4 nitrogen and oxygen atoms in total. The van der Waals surface area contributed by atoms with Gasteiger partial charge in [0.05, 0.1) is 0 Å². The van der Waals surface area contributed by atoms with Crippen LogP contribution in [0.15, 0.2) is 42.5 Å². The molecule has 0 bridgehead atoms. The average Bonchev–Trinajstić information content (AvgIpc) is 2.52. The molecule has 0 aliphatic rings. The van der Waals surface area contributed by atoms with Gasteiger partial charge in [0.2, 0.25) is 0 Å². The number of anilines is 1. The number of hydrogen-bond donors (Lipinski definition) is 2. The van der Waals surface area contributed by atoms with Crippen molar-refractivity contribution in [3.05, 3.63) is 59.3 Å². The largest absolute Gasteiger partial charge is 0.439 e. The molecule has 0 spiro atoms. The molecule has 0 unspecified atom stereocenters. The number of alkyl halides is 6. The van der Waals surface area contributed by atoms with E-state index in [2.05, 4.69) is 4.98 Å². The monoisotopic (exact) mass is 391 g/mol. The molecule has 1 heterocycles. The number of rotatable bonds is 4. The highest BCUT2D eigenvalue weighted by atomic mass is 19.4. The number of hydrogen-bond acceptors (Lipinski definition) is 3. The molecule has 0 aliphatic heterocycles. The van der Waals surface area contributed by atoms with Crippen LogP contribution in [-0.2, 0) is 0 Å². The van der Waals surface area contributed by atoms with E-state index in [-0.39, 0.29) is 11.3 Å². The molecule has 0 saturated carbocycles. The lowest BCUT2D eigenvalue weighted by Gasteiger charge is -2.38. The third-order valence-electron chi connectivity index (χ3n) is 3.64. The summed E-state index contributed by atoms with van der Waals surface area (Å²) in [4.78, 5) is 15.8. The minimum absolute atomic E-state index is 0.197. The van der Waals surface area contributed by atoms with Gasteiger partial charge in [-0.2, -0.15) is 26.3 Å². The molecule has 2 aromatic rings. The second-order valence-electron chi connectivity index (χ2n) is 5.86. The molecule has 10 heteroatoms. The summed E-state index contributed by atoms with van der Waals surface area (Å²) in [5.41, 5.74) is -4.36. The van der Waals surface area contributed by atoms with Gasteiger partial charge < -0.3 is 10.6 Å². The van der Waals surface area contributed by atoms with E-state index in [0.29, 0.717) is 5.56 Å². The summed E-state index contributed by atoms with van der Waals surface area (Å²) >= 11 is 0. The highest BCUT2D eigenvalue weighted by Crippen LogP contribution is 2.43. The van der Waals surface area contributed by atoms with Crippen molar-refractivity contribution in [1.82, 2.24) is 10.3 Å². The Labute approximate surface area is 150 Å². The van der Waals surface area contributed by atoms with Crippen molar-refractivity contribution < 1.29 is 31.1 Å². The number of aryl methyl sites for hydroxylation is 2. The predicted octanol–water partition coefficient (Wildman–Crippen LogP) is 4.36. The zero-order valence-electron chi connectivity index (χ0n) is 14.2. The Kier molecular flexibility index (Phi) is 5.39. The van der Waals surface area contributed by atoms with Crippen LogP contribution in [0, 0.1) is 13.8 Å². The maximum atomic E-state index is 13.6. The predicted molar refractivity (Wildman–Crippen MR) is 86.1 cm³/mol. The van der Waals surface area contributed by atoms with Crippen LogP contribution in [0.1, 0.15) is 21.6 Å². The second kappa shape index (κ2) is 7.09. The van der Waals surface area contributed by atoms with Crippen LogP contribution >= 0.6 is 0 Å². The Morgan fingerprint density at radius 1 is 0.926 bits per heavy atom. The van der Waals surface area contributed by atoms with Gasteiger partial charge >= 0.3 is 18.0 Å². The van der Waals surface area contributed by atoms with Gasteiger partial charge in [-0.05, 0) is 38.1 Å². The molecule has 27 heavy (non-hydrogen) atoms. The zero-order chi connectivity index (χ0) is 20.5. The van der Waals surface area contributed by atoms with Gasteiger partial charge in [-0.1, -0.05) is 23.8 Å². The van der Waals surface area contributed by atoms with Crippen molar-refractivity contribution in [2.75, 3.05) is 5.32 Å². The van der Waals surface area contributed by atoms with E-state index in [0.717, 1.165) is 17.4 Å². The Bertz CT molecular complexity index is 818. The van der Waals surface area contributed by atoms with Crippen molar-refractivity contribution in [2.24, 2.45) is 0 Å². The molecule has 0 radical (unpaired) electrons. The molecule has 0 saturated heterocycles. The molecule has 1 aromatic carbocycles. The van der Waals surface area contributed by atoms with E-state index in [1.807, 2.05) is 0 Å². The Morgan fingerprint density at radius 3 is 2.04 bits per heavy atom. The number of carbonyl (C=O) groups excluding carboxylic acids is 1. The summed E-state index contributed by atoms with van der Waals surface area (Å²) in [6, 6.07) is 8.78. The van der Waals surface area contributed by atoms with E-state index >= 15 is 0 Å². The number of carbonyl (C=O) groups is 1. The summed E-state index contributed by atoms with van der Waals surface area (Å²) < 4.78 is 81.5.